The Morgan fingerprint density at radius 1 is 1.00 bits per heavy atom. The maximum atomic E-state index is 13.0. The number of hydrogen-bond donors (Lipinski definition) is 1. The summed E-state index contributed by atoms with van der Waals surface area (Å²) in [6.07, 6.45) is -0.00696. The summed E-state index contributed by atoms with van der Waals surface area (Å²) in [7, 11) is 0. The van der Waals surface area contributed by atoms with Crippen LogP contribution in [0.5, 0.6) is 0 Å². The summed E-state index contributed by atoms with van der Waals surface area (Å²) in [5.74, 6) is -1.95. The molecule has 35 heavy (non-hydrogen) atoms. The van der Waals surface area contributed by atoms with Crippen LogP contribution in [-0.2, 0) is 11.2 Å². The van der Waals surface area contributed by atoms with Gasteiger partial charge in [-0.3, -0.25) is 9.59 Å². The number of carbonyl (C=O) groups excluding carboxylic acids is 2. The molecule has 0 spiro atoms. The topological polar surface area (TPSA) is 70.0 Å². The summed E-state index contributed by atoms with van der Waals surface area (Å²) in [4.78, 5) is 26.0. The van der Waals surface area contributed by atoms with Crippen LogP contribution in [0.1, 0.15) is 38.5 Å². The molecule has 0 radical (unpaired) electrons. The lowest BCUT2D eigenvalue weighted by atomic mass is 9.97. The average molecular weight is 567 g/mol. The fourth-order valence-corrected chi connectivity index (χ4v) is 5.67. The van der Waals surface area contributed by atoms with Gasteiger partial charge in [0.25, 0.3) is 0 Å². The summed E-state index contributed by atoms with van der Waals surface area (Å²) in [5.41, 5.74) is 3.21. The molecule has 4 nitrogen and oxygen atoms in total. The van der Waals surface area contributed by atoms with Gasteiger partial charge in [-0.1, -0.05) is 46.9 Å². The number of benzene rings is 3. The quantitative estimate of drug-likeness (QED) is 0.245. The maximum absolute atomic E-state index is 13.0. The summed E-state index contributed by atoms with van der Waals surface area (Å²) in [6.45, 7) is 1.87. The first-order chi connectivity index (χ1) is 16.5. The summed E-state index contributed by atoms with van der Waals surface area (Å²) >= 11 is 31.3. The lowest BCUT2D eigenvalue weighted by Gasteiger charge is -2.10. The number of anilines is 1. The Hall–Kier alpha value is -2.26. The van der Waals surface area contributed by atoms with Crippen molar-refractivity contribution in [1.29, 1.82) is 5.26 Å². The molecule has 4 rings (SSSR count). The predicted octanol–water partition coefficient (Wildman–Crippen LogP) is 7.78. The zero-order valence-corrected chi connectivity index (χ0v) is 22.0. The highest BCUT2D eigenvalue weighted by molar-refractivity contribution is 6.53. The fourth-order valence-electron chi connectivity index (χ4n) is 4.08. The van der Waals surface area contributed by atoms with Crippen LogP contribution in [0.15, 0.2) is 54.6 Å². The van der Waals surface area contributed by atoms with Gasteiger partial charge in [0.15, 0.2) is 5.78 Å². The number of nitriles is 1. The van der Waals surface area contributed by atoms with Crippen molar-refractivity contribution in [2.45, 2.75) is 23.6 Å². The van der Waals surface area contributed by atoms with Gasteiger partial charge in [0.2, 0.25) is 5.91 Å². The first kappa shape index (κ1) is 25.8. The van der Waals surface area contributed by atoms with Crippen LogP contribution in [0.4, 0.5) is 5.69 Å². The highest BCUT2D eigenvalue weighted by atomic mass is 35.5. The van der Waals surface area contributed by atoms with Gasteiger partial charge >= 0.3 is 0 Å². The van der Waals surface area contributed by atoms with E-state index in [1.54, 1.807) is 36.4 Å². The molecule has 1 aliphatic rings. The minimum absolute atomic E-state index is 0.00696. The highest BCUT2D eigenvalue weighted by Gasteiger charge is 2.67. The normalized spacial score (nSPS) is 18.0. The number of amides is 1. The number of rotatable bonds is 6. The highest BCUT2D eigenvalue weighted by Crippen LogP contribution is 2.65. The van der Waals surface area contributed by atoms with E-state index in [-0.39, 0.29) is 22.8 Å². The van der Waals surface area contributed by atoms with E-state index in [2.05, 4.69) is 11.4 Å². The zero-order chi connectivity index (χ0) is 25.5. The van der Waals surface area contributed by atoms with E-state index in [0.717, 1.165) is 5.56 Å². The third-order valence-corrected chi connectivity index (χ3v) is 7.56. The van der Waals surface area contributed by atoms with Gasteiger partial charge in [-0.2, -0.15) is 5.26 Å². The SMILES string of the molecule is Cc1ccc(CC(=O)c2cc(NC(=O)C3C(c4cc(Cl)cc(Cl)c4)C3(Cl)Cl)ccc2Cl)c(C#N)c1. The van der Waals surface area contributed by atoms with Crippen molar-refractivity contribution in [3.8, 4) is 6.07 Å². The molecular weight excluding hydrogens is 550 g/mol. The average Bonchev–Trinajstić information content (AvgIpc) is 3.37. The molecule has 0 heterocycles. The monoisotopic (exact) mass is 564 g/mol. The molecule has 1 fully saturated rings. The molecule has 0 saturated heterocycles. The molecule has 0 aromatic heterocycles. The van der Waals surface area contributed by atoms with Crippen molar-refractivity contribution in [2.24, 2.45) is 5.92 Å². The lowest BCUT2D eigenvalue weighted by molar-refractivity contribution is -0.117. The van der Waals surface area contributed by atoms with Gasteiger partial charge in [-0.15, -0.1) is 23.2 Å². The van der Waals surface area contributed by atoms with Crippen molar-refractivity contribution < 1.29 is 9.59 Å². The van der Waals surface area contributed by atoms with Crippen molar-refractivity contribution in [1.82, 2.24) is 0 Å². The van der Waals surface area contributed by atoms with Crippen molar-refractivity contribution >= 4 is 75.4 Å². The Kier molecular flexibility index (Phi) is 7.38. The maximum Gasteiger partial charge on any atom is 0.231 e. The molecule has 1 amide bonds. The summed E-state index contributed by atoms with van der Waals surface area (Å²) in [5, 5.41) is 13.2. The molecular formula is C26H17Cl5N2O2. The lowest BCUT2D eigenvalue weighted by Crippen LogP contribution is -2.17. The third kappa shape index (κ3) is 5.45. The van der Waals surface area contributed by atoms with E-state index in [1.807, 2.05) is 13.0 Å². The molecule has 3 aromatic carbocycles. The minimum Gasteiger partial charge on any atom is -0.326 e. The van der Waals surface area contributed by atoms with Crippen LogP contribution in [0.3, 0.4) is 0 Å². The molecule has 178 valence electrons. The first-order valence-electron chi connectivity index (χ1n) is 10.5. The zero-order valence-electron chi connectivity index (χ0n) is 18.2. The summed E-state index contributed by atoms with van der Waals surface area (Å²) in [6, 6.07) is 17.0. The molecule has 2 unspecified atom stereocenters. The van der Waals surface area contributed by atoms with Gasteiger partial charge < -0.3 is 5.32 Å². The van der Waals surface area contributed by atoms with Crippen molar-refractivity contribution in [3.05, 3.63) is 97.5 Å². The molecule has 1 saturated carbocycles. The van der Waals surface area contributed by atoms with Crippen molar-refractivity contribution in [3.63, 3.8) is 0 Å². The molecule has 3 aromatic rings. The molecule has 1 aliphatic carbocycles. The number of alkyl halides is 2. The predicted molar refractivity (Wildman–Crippen MR) is 141 cm³/mol. The number of carbonyl (C=O) groups is 2. The molecule has 0 aliphatic heterocycles. The largest absolute Gasteiger partial charge is 0.326 e. The molecule has 1 N–H and O–H groups in total. The Balaban J connectivity index is 1.53. The standard InChI is InChI=1S/C26H17Cl5N2O2/c1-13-2-3-14(16(6-13)12-32)9-22(34)20-11-19(4-5-21(20)29)33-25(35)24-23(26(24,30)31)15-7-17(27)10-18(28)8-15/h2-8,10-11,23-24H,9H2,1H3,(H,33,35). The number of halogens is 5. The van der Waals surface area contributed by atoms with E-state index in [9.17, 15) is 14.9 Å². The van der Waals surface area contributed by atoms with E-state index in [0.29, 0.717) is 32.4 Å². The number of Topliss-reactive ketones (excluding diaryl/α,β-unsaturated/α-hetero) is 1. The van der Waals surface area contributed by atoms with Crippen LogP contribution in [0.2, 0.25) is 15.1 Å². The third-order valence-electron chi connectivity index (χ3n) is 5.85. The van der Waals surface area contributed by atoms with Crippen molar-refractivity contribution in [2.75, 3.05) is 5.32 Å². The second-order valence-electron chi connectivity index (χ2n) is 8.39. The van der Waals surface area contributed by atoms with Gasteiger partial charge in [0, 0.05) is 33.6 Å². The summed E-state index contributed by atoms with van der Waals surface area (Å²) < 4.78 is -1.33. The Morgan fingerprint density at radius 3 is 2.34 bits per heavy atom. The van der Waals surface area contributed by atoms with Crippen LogP contribution in [0, 0.1) is 24.2 Å². The Labute approximate surface area is 227 Å². The number of nitrogens with zero attached hydrogens (tertiary/aromatic N) is 1. The molecule has 0 bridgehead atoms. The van der Waals surface area contributed by atoms with Gasteiger partial charge in [0.1, 0.15) is 4.33 Å². The Bertz CT molecular complexity index is 1380. The minimum atomic E-state index is -1.33. The van der Waals surface area contributed by atoms with Crippen LogP contribution in [-0.4, -0.2) is 16.0 Å². The van der Waals surface area contributed by atoms with E-state index < -0.39 is 22.1 Å². The van der Waals surface area contributed by atoms with E-state index in [1.165, 1.54) is 12.1 Å². The first-order valence-corrected chi connectivity index (χ1v) is 12.4. The number of aryl methyl sites for hydroxylation is 1. The van der Waals surface area contributed by atoms with Gasteiger partial charge in [-0.25, -0.2) is 0 Å². The van der Waals surface area contributed by atoms with E-state index >= 15 is 0 Å². The number of hydrogen-bond acceptors (Lipinski definition) is 3. The number of nitrogens with one attached hydrogen (secondary N) is 1. The van der Waals surface area contributed by atoms with Gasteiger partial charge in [0.05, 0.1) is 22.6 Å². The van der Waals surface area contributed by atoms with Crippen LogP contribution >= 0.6 is 58.0 Å². The molecule has 9 heteroatoms. The molecule has 2 atom stereocenters. The Morgan fingerprint density at radius 2 is 1.69 bits per heavy atom. The van der Waals surface area contributed by atoms with E-state index in [4.69, 9.17) is 58.0 Å². The van der Waals surface area contributed by atoms with Crippen LogP contribution in [0.25, 0.3) is 0 Å². The fraction of sp³-hybridized carbons (Fsp3) is 0.192. The number of ketones is 1. The second kappa shape index (κ2) is 10.0. The smallest absolute Gasteiger partial charge is 0.231 e. The van der Waals surface area contributed by atoms with Gasteiger partial charge in [-0.05, 0) is 66.1 Å². The van der Waals surface area contributed by atoms with Crippen LogP contribution < -0.4 is 5.32 Å². The second-order valence-corrected chi connectivity index (χ2v) is 11.1.